The van der Waals surface area contributed by atoms with Gasteiger partial charge in [0.2, 0.25) is 0 Å². The van der Waals surface area contributed by atoms with E-state index in [9.17, 15) is 0 Å². The second kappa shape index (κ2) is 15.3. The Morgan fingerprint density at radius 3 is 1.43 bits per heavy atom. The van der Waals surface area contributed by atoms with Crippen LogP contribution in [0, 0.1) is 34.6 Å². The molecule has 294 valence electrons. The molecule has 2 heterocycles. The Morgan fingerprint density at radius 2 is 0.836 bits per heavy atom. The maximum atomic E-state index is 5.17. The Morgan fingerprint density at radius 1 is 0.361 bits per heavy atom. The predicted octanol–water partition coefficient (Wildman–Crippen LogP) is 14.2. The molecule has 9 aromatic rings. The molecule has 8 aromatic carbocycles. The Labute approximate surface area is 358 Å². The standard InChI is InChI=1S/C57H46N4/c1-37-22-15-16-29-45(37)46-30-21-33-47(41(46)5)57(44-27-13-8-14-28-44)48-31-17-19-34-50(48)61(51-35-20-18-32-49(51)57)52-36-38(2)53(40(4)39(52)3)56-59-54(42-23-9-6-10-24-42)58-55(60-56)43-25-11-7-12-26-43/h6-36H,1-5H3. The van der Waals surface area contributed by atoms with Crippen LogP contribution >= 0.6 is 0 Å². The van der Waals surface area contributed by atoms with Crippen LogP contribution in [0.4, 0.5) is 17.1 Å². The lowest BCUT2D eigenvalue weighted by atomic mass is 9.61. The molecule has 1 aliphatic heterocycles. The van der Waals surface area contributed by atoms with Crippen molar-refractivity contribution in [3.8, 4) is 45.3 Å². The minimum absolute atomic E-state index is 0.613. The maximum Gasteiger partial charge on any atom is 0.164 e. The molecule has 0 unspecified atom stereocenters. The average molecular weight is 787 g/mol. The predicted molar refractivity (Wildman–Crippen MR) is 252 cm³/mol. The lowest BCUT2D eigenvalue weighted by Gasteiger charge is -2.47. The van der Waals surface area contributed by atoms with Crippen LogP contribution in [-0.4, -0.2) is 15.0 Å². The van der Waals surface area contributed by atoms with Crippen molar-refractivity contribution in [2.24, 2.45) is 0 Å². The van der Waals surface area contributed by atoms with Crippen LogP contribution in [0.15, 0.2) is 188 Å². The van der Waals surface area contributed by atoms with Crippen molar-refractivity contribution in [1.29, 1.82) is 0 Å². The highest BCUT2D eigenvalue weighted by Gasteiger charge is 2.47. The maximum absolute atomic E-state index is 5.17. The highest BCUT2D eigenvalue weighted by atomic mass is 15.2. The van der Waals surface area contributed by atoms with Crippen molar-refractivity contribution in [2.45, 2.75) is 40.0 Å². The monoisotopic (exact) mass is 786 g/mol. The molecule has 0 atom stereocenters. The number of aryl methyl sites for hydroxylation is 2. The molecule has 0 bridgehead atoms. The van der Waals surface area contributed by atoms with Crippen LogP contribution in [0.1, 0.15) is 50.1 Å². The van der Waals surface area contributed by atoms with E-state index in [0.29, 0.717) is 17.5 Å². The highest BCUT2D eigenvalue weighted by molar-refractivity contribution is 5.92. The lowest BCUT2D eigenvalue weighted by molar-refractivity contribution is 0.725. The molecule has 0 saturated heterocycles. The summed E-state index contributed by atoms with van der Waals surface area (Å²) in [5.74, 6) is 1.98. The van der Waals surface area contributed by atoms with Crippen LogP contribution in [0.25, 0.3) is 45.3 Å². The van der Waals surface area contributed by atoms with Crippen LogP contribution < -0.4 is 4.90 Å². The number of nitrogens with zero attached hydrogens (tertiary/aromatic N) is 4. The number of hydrogen-bond donors (Lipinski definition) is 0. The van der Waals surface area contributed by atoms with E-state index in [1.165, 1.54) is 44.5 Å². The van der Waals surface area contributed by atoms with Gasteiger partial charge in [0.05, 0.1) is 16.8 Å². The third-order valence-corrected chi connectivity index (χ3v) is 12.7. The van der Waals surface area contributed by atoms with Gasteiger partial charge in [0.15, 0.2) is 17.5 Å². The number of rotatable bonds is 7. The van der Waals surface area contributed by atoms with E-state index in [-0.39, 0.29) is 0 Å². The quantitative estimate of drug-likeness (QED) is 0.161. The van der Waals surface area contributed by atoms with Crippen LogP contribution in [-0.2, 0) is 5.41 Å². The van der Waals surface area contributed by atoms with Gasteiger partial charge in [0.1, 0.15) is 0 Å². The number of benzene rings is 8. The topological polar surface area (TPSA) is 41.9 Å². The molecule has 0 aliphatic carbocycles. The van der Waals surface area contributed by atoms with Gasteiger partial charge in [-0.2, -0.15) is 0 Å². The van der Waals surface area contributed by atoms with Gasteiger partial charge in [-0.3, -0.25) is 0 Å². The van der Waals surface area contributed by atoms with Crippen LogP contribution in [0.2, 0.25) is 0 Å². The molecule has 10 rings (SSSR count). The molecule has 4 heteroatoms. The van der Waals surface area contributed by atoms with Gasteiger partial charge in [-0.15, -0.1) is 0 Å². The fourth-order valence-electron chi connectivity index (χ4n) is 9.72. The number of fused-ring (bicyclic) bond motifs is 2. The molecule has 0 saturated carbocycles. The van der Waals surface area contributed by atoms with E-state index in [2.05, 4.69) is 191 Å². The first-order valence-corrected chi connectivity index (χ1v) is 21.0. The summed E-state index contributed by atoms with van der Waals surface area (Å²) in [6, 6.07) is 67.4. The van der Waals surface area contributed by atoms with Gasteiger partial charge in [-0.25, -0.2) is 15.0 Å². The first-order valence-electron chi connectivity index (χ1n) is 21.0. The molecule has 4 nitrogen and oxygen atoms in total. The van der Waals surface area contributed by atoms with Crippen molar-refractivity contribution >= 4 is 17.1 Å². The Bertz CT molecular complexity index is 2980. The largest absolute Gasteiger partial charge is 0.310 e. The van der Waals surface area contributed by atoms with Crippen LogP contribution in [0.5, 0.6) is 0 Å². The van der Waals surface area contributed by atoms with Gasteiger partial charge >= 0.3 is 0 Å². The SMILES string of the molecule is Cc1ccccc1-c1cccc(C2(c3ccccc3)c3ccccc3N(c3cc(C)c(-c4nc(-c5ccccc5)nc(-c5ccccc5)n4)c(C)c3C)c3ccccc32)c1C. The number of para-hydroxylation sites is 2. The van der Waals surface area contributed by atoms with Gasteiger partial charge in [-0.1, -0.05) is 170 Å². The van der Waals surface area contributed by atoms with Gasteiger partial charge in [0.25, 0.3) is 0 Å². The van der Waals surface area contributed by atoms with Crippen LogP contribution in [0.3, 0.4) is 0 Å². The summed E-state index contributed by atoms with van der Waals surface area (Å²) >= 11 is 0. The van der Waals surface area contributed by atoms with Crippen molar-refractivity contribution in [2.75, 3.05) is 4.90 Å². The number of anilines is 3. The van der Waals surface area contributed by atoms with Crippen molar-refractivity contribution in [1.82, 2.24) is 15.0 Å². The molecule has 0 amide bonds. The van der Waals surface area contributed by atoms with Gasteiger partial charge in [0, 0.05) is 22.4 Å². The number of aromatic nitrogens is 3. The zero-order valence-electron chi connectivity index (χ0n) is 35.2. The highest BCUT2D eigenvalue weighted by Crippen LogP contribution is 2.59. The van der Waals surface area contributed by atoms with Gasteiger partial charge in [-0.05, 0) is 114 Å². The second-order valence-electron chi connectivity index (χ2n) is 16.2. The van der Waals surface area contributed by atoms with E-state index in [1.807, 2.05) is 36.4 Å². The van der Waals surface area contributed by atoms with Crippen molar-refractivity contribution in [3.63, 3.8) is 0 Å². The summed E-state index contributed by atoms with van der Waals surface area (Å²) in [5.41, 5.74) is 19.2. The minimum Gasteiger partial charge on any atom is -0.310 e. The Hall–Kier alpha value is -7.43. The molecular weight excluding hydrogens is 741 g/mol. The normalized spacial score (nSPS) is 12.8. The smallest absolute Gasteiger partial charge is 0.164 e. The summed E-state index contributed by atoms with van der Waals surface area (Å²) in [6.07, 6.45) is 0. The fourth-order valence-corrected chi connectivity index (χ4v) is 9.72. The zero-order chi connectivity index (χ0) is 41.7. The second-order valence-corrected chi connectivity index (χ2v) is 16.2. The van der Waals surface area contributed by atoms with E-state index < -0.39 is 5.41 Å². The Balaban J connectivity index is 1.21. The molecule has 0 fully saturated rings. The first-order chi connectivity index (χ1) is 29.9. The third-order valence-electron chi connectivity index (χ3n) is 12.7. The summed E-state index contributed by atoms with van der Waals surface area (Å²) in [5, 5.41) is 0. The van der Waals surface area contributed by atoms with E-state index in [0.717, 1.165) is 50.4 Å². The van der Waals surface area contributed by atoms with Gasteiger partial charge < -0.3 is 4.90 Å². The molecule has 61 heavy (non-hydrogen) atoms. The lowest BCUT2D eigenvalue weighted by Crippen LogP contribution is -2.38. The van der Waals surface area contributed by atoms with E-state index in [1.54, 1.807) is 0 Å². The first kappa shape index (κ1) is 37.8. The molecule has 0 N–H and O–H groups in total. The molecule has 1 aromatic heterocycles. The van der Waals surface area contributed by atoms with Crippen molar-refractivity contribution in [3.05, 3.63) is 238 Å². The van der Waals surface area contributed by atoms with Crippen molar-refractivity contribution < 1.29 is 0 Å². The fraction of sp³-hybridized carbons (Fsp3) is 0.105. The number of hydrogen-bond acceptors (Lipinski definition) is 4. The molecular formula is C57H46N4. The summed E-state index contributed by atoms with van der Waals surface area (Å²) < 4.78 is 0. The third kappa shape index (κ3) is 6.17. The molecule has 0 radical (unpaired) electrons. The molecule has 0 spiro atoms. The summed E-state index contributed by atoms with van der Waals surface area (Å²) in [6.45, 7) is 11.2. The minimum atomic E-state index is -0.613. The Kier molecular flexibility index (Phi) is 9.49. The summed E-state index contributed by atoms with van der Waals surface area (Å²) in [7, 11) is 0. The summed E-state index contributed by atoms with van der Waals surface area (Å²) in [4.78, 5) is 17.8. The zero-order valence-corrected chi connectivity index (χ0v) is 35.2. The molecule has 1 aliphatic rings. The van der Waals surface area contributed by atoms with E-state index >= 15 is 0 Å². The van der Waals surface area contributed by atoms with E-state index in [4.69, 9.17) is 15.0 Å². The average Bonchev–Trinajstić information content (AvgIpc) is 3.31.